The zero-order valence-corrected chi connectivity index (χ0v) is 15.3. The molecule has 0 bridgehead atoms. The van der Waals surface area contributed by atoms with Gasteiger partial charge in [0, 0.05) is 11.1 Å². The molecule has 1 nitrogen and oxygen atoms in total. The first-order valence-electron chi connectivity index (χ1n) is 9.26. The molecule has 0 radical (unpaired) electrons. The molecule has 2 aromatic rings. The van der Waals surface area contributed by atoms with Gasteiger partial charge in [0.05, 0.1) is 6.61 Å². The number of allylic oxidation sites excluding steroid dienone is 1. The maximum atomic E-state index is 5.72. The standard InChI is InChI=1S/C24H28O/c1-3-5-7-9-21-10-12-22(13-11-21)14-15-23-16-18-24(19-17-23)25-20-8-6-4-2/h3,10-13,16-19H,1,4-9,20H2,2H3. The zero-order valence-electron chi connectivity index (χ0n) is 15.3. The lowest BCUT2D eigenvalue weighted by atomic mass is 10.1. The van der Waals surface area contributed by atoms with E-state index in [4.69, 9.17) is 4.74 Å². The Morgan fingerprint density at radius 2 is 1.52 bits per heavy atom. The van der Waals surface area contributed by atoms with E-state index in [2.05, 4.69) is 49.6 Å². The normalized spacial score (nSPS) is 9.96. The van der Waals surface area contributed by atoms with Crippen LogP contribution in [0.15, 0.2) is 61.2 Å². The van der Waals surface area contributed by atoms with Crippen molar-refractivity contribution in [1.82, 2.24) is 0 Å². The molecule has 2 aromatic carbocycles. The molecule has 0 saturated heterocycles. The van der Waals surface area contributed by atoms with Gasteiger partial charge < -0.3 is 4.74 Å². The van der Waals surface area contributed by atoms with Crippen molar-refractivity contribution in [3.63, 3.8) is 0 Å². The first-order chi connectivity index (χ1) is 12.3. The molecule has 1 heteroatoms. The van der Waals surface area contributed by atoms with Crippen LogP contribution in [-0.2, 0) is 6.42 Å². The van der Waals surface area contributed by atoms with E-state index in [1.165, 1.54) is 18.4 Å². The summed E-state index contributed by atoms with van der Waals surface area (Å²) in [5.74, 6) is 7.37. The Morgan fingerprint density at radius 3 is 2.12 bits per heavy atom. The van der Waals surface area contributed by atoms with Crippen molar-refractivity contribution >= 4 is 0 Å². The topological polar surface area (TPSA) is 9.23 Å². The molecule has 0 unspecified atom stereocenters. The van der Waals surface area contributed by atoms with Crippen LogP contribution in [0.25, 0.3) is 0 Å². The first-order valence-corrected chi connectivity index (χ1v) is 9.26. The zero-order chi connectivity index (χ0) is 17.7. The van der Waals surface area contributed by atoms with Crippen molar-refractivity contribution in [1.29, 1.82) is 0 Å². The molecule has 0 aliphatic heterocycles. The quantitative estimate of drug-likeness (QED) is 0.303. The Bertz CT molecular complexity index is 684. The Morgan fingerprint density at radius 1 is 0.880 bits per heavy atom. The van der Waals surface area contributed by atoms with Crippen molar-refractivity contribution in [2.24, 2.45) is 0 Å². The fraction of sp³-hybridized carbons (Fsp3) is 0.333. The van der Waals surface area contributed by atoms with Crippen molar-refractivity contribution in [3.8, 4) is 17.6 Å². The predicted octanol–water partition coefficient (Wildman–Crippen LogP) is 6.16. The van der Waals surface area contributed by atoms with Crippen LogP contribution >= 0.6 is 0 Å². The molecule has 130 valence electrons. The summed E-state index contributed by atoms with van der Waals surface area (Å²) in [5, 5.41) is 0. The van der Waals surface area contributed by atoms with Gasteiger partial charge in [-0.3, -0.25) is 0 Å². The summed E-state index contributed by atoms with van der Waals surface area (Å²) in [7, 11) is 0. The molecule has 0 amide bonds. The summed E-state index contributed by atoms with van der Waals surface area (Å²) >= 11 is 0. The molecule has 0 atom stereocenters. The minimum atomic E-state index is 0.790. The van der Waals surface area contributed by atoms with Gasteiger partial charge in [0.1, 0.15) is 5.75 Å². The van der Waals surface area contributed by atoms with E-state index < -0.39 is 0 Å². The molecule has 0 aromatic heterocycles. The molecule has 0 aliphatic carbocycles. The summed E-state index contributed by atoms with van der Waals surface area (Å²) < 4.78 is 5.72. The fourth-order valence-corrected chi connectivity index (χ4v) is 2.53. The second-order valence-corrected chi connectivity index (χ2v) is 6.21. The minimum Gasteiger partial charge on any atom is -0.494 e. The average Bonchev–Trinajstić information content (AvgIpc) is 2.66. The van der Waals surface area contributed by atoms with Crippen LogP contribution in [0.5, 0.6) is 5.75 Å². The smallest absolute Gasteiger partial charge is 0.119 e. The molecule has 0 saturated carbocycles. The van der Waals surface area contributed by atoms with E-state index >= 15 is 0 Å². The number of aryl methyl sites for hydroxylation is 1. The number of hydrogen-bond acceptors (Lipinski definition) is 1. The van der Waals surface area contributed by atoms with Crippen LogP contribution < -0.4 is 4.74 Å². The number of hydrogen-bond donors (Lipinski definition) is 0. The number of benzene rings is 2. The highest BCUT2D eigenvalue weighted by atomic mass is 16.5. The third-order valence-electron chi connectivity index (χ3n) is 4.05. The van der Waals surface area contributed by atoms with E-state index in [1.807, 2.05) is 30.3 Å². The van der Waals surface area contributed by atoms with Gasteiger partial charge in [-0.2, -0.15) is 0 Å². The summed E-state index contributed by atoms with van der Waals surface area (Å²) in [5.41, 5.74) is 3.42. The van der Waals surface area contributed by atoms with E-state index in [1.54, 1.807) is 0 Å². The second kappa shape index (κ2) is 11.2. The third-order valence-corrected chi connectivity index (χ3v) is 4.05. The molecular formula is C24H28O. The van der Waals surface area contributed by atoms with Gasteiger partial charge in [-0.05, 0) is 67.6 Å². The van der Waals surface area contributed by atoms with Gasteiger partial charge in [0.2, 0.25) is 0 Å². The van der Waals surface area contributed by atoms with Crippen molar-refractivity contribution in [2.75, 3.05) is 6.61 Å². The Balaban J connectivity index is 1.86. The SMILES string of the molecule is C=CCCCc1ccc(C#Cc2ccc(OCCCCC)cc2)cc1. The monoisotopic (exact) mass is 332 g/mol. The lowest BCUT2D eigenvalue weighted by Crippen LogP contribution is -1.96. The highest BCUT2D eigenvalue weighted by molar-refractivity contribution is 5.44. The van der Waals surface area contributed by atoms with E-state index in [9.17, 15) is 0 Å². The van der Waals surface area contributed by atoms with Crippen LogP contribution in [-0.4, -0.2) is 6.61 Å². The van der Waals surface area contributed by atoms with Gasteiger partial charge in [-0.15, -0.1) is 6.58 Å². The molecular weight excluding hydrogens is 304 g/mol. The van der Waals surface area contributed by atoms with Gasteiger partial charge in [0.15, 0.2) is 0 Å². The van der Waals surface area contributed by atoms with E-state index in [0.717, 1.165) is 49.2 Å². The van der Waals surface area contributed by atoms with Gasteiger partial charge >= 0.3 is 0 Å². The molecule has 2 rings (SSSR count). The molecule has 0 aliphatic rings. The lowest BCUT2D eigenvalue weighted by Gasteiger charge is -2.05. The van der Waals surface area contributed by atoms with E-state index in [0.29, 0.717) is 0 Å². The Hall–Kier alpha value is -2.46. The second-order valence-electron chi connectivity index (χ2n) is 6.21. The van der Waals surface area contributed by atoms with Crippen LogP contribution in [0.2, 0.25) is 0 Å². The number of unbranched alkanes of at least 4 members (excludes halogenated alkanes) is 3. The lowest BCUT2D eigenvalue weighted by molar-refractivity contribution is 0.306. The summed E-state index contributed by atoms with van der Waals surface area (Å²) in [4.78, 5) is 0. The van der Waals surface area contributed by atoms with Crippen LogP contribution in [0.4, 0.5) is 0 Å². The van der Waals surface area contributed by atoms with Crippen molar-refractivity contribution in [3.05, 3.63) is 77.9 Å². The van der Waals surface area contributed by atoms with Crippen molar-refractivity contribution < 1.29 is 4.74 Å². The average molecular weight is 332 g/mol. The molecule has 0 heterocycles. The Labute approximate surface area is 152 Å². The van der Waals surface area contributed by atoms with Gasteiger partial charge in [-0.1, -0.05) is 49.8 Å². The molecule has 0 N–H and O–H groups in total. The number of ether oxygens (including phenoxy) is 1. The summed E-state index contributed by atoms with van der Waals surface area (Å²) in [6.45, 7) is 6.75. The van der Waals surface area contributed by atoms with Crippen molar-refractivity contribution in [2.45, 2.75) is 45.4 Å². The largest absolute Gasteiger partial charge is 0.494 e. The van der Waals surface area contributed by atoms with Crippen LogP contribution in [0, 0.1) is 11.8 Å². The van der Waals surface area contributed by atoms with Gasteiger partial charge in [-0.25, -0.2) is 0 Å². The minimum absolute atomic E-state index is 0.790. The predicted molar refractivity (Wildman–Crippen MR) is 107 cm³/mol. The maximum Gasteiger partial charge on any atom is 0.119 e. The Kier molecular flexibility index (Phi) is 8.42. The number of rotatable bonds is 9. The fourth-order valence-electron chi connectivity index (χ4n) is 2.53. The third kappa shape index (κ3) is 7.31. The van der Waals surface area contributed by atoms with Gasteiger partial charge in [0.25, 0.3) is 0 Å². The van der Waals surface area contributed by atoms with Crippen LogP contribution in [0.1, 0.15) is 55.7 Å². The first kappa shape index (κ1) is 18.9. The highest BCUT2D eigenvalue weighted by Gasteiger charge is 1.95. The van der Waals surface area contributed by atoms with E-state index in [-0.39, 0.29) is 0 Å². The summed E-state index contributed by atoms with van der Waals surface area (Å²) in [6.07, 6.45) is 8.84. The molecule has 0 spiro atoms. The molecule has 25 heavy (non-hydrogen) atoms. The maximum absolute atomic E-state index is 5.72. The van der Waals surface area contributed by atoms with Crippen LogP contribution in [0.3, 0.4) is 0 Å². The molecule has 0 fully saturated rings. The highest BCUT2D eigenvalue weighted by Crippen LogP contribution is 2.13. The summed E-state index contributed by atoms with van der Waals surface area (Å²) in [6, 6.07) is 16.6.